The first-order valence-corrected chi connectivity index (χ1v) is 6.93. The third kappa shape index (κ3) is 3.47. The van der Waals surface area contributed by atoms with Crippen molar-refractivity contribution in [1.29, 1.82) is 0 Å². The van der Waals surface area contributed by atoms with Gasteiger partial charge in [0.2, 0.25) is 5.91 Å². The standard InChI is InChI=1S/C15H14F3N3O/c16-15(17,18)11-5-1-9(2-6-11)7-14(22)19-13-8-12(20-21-13)10-3-4-10/h1-2,5-6,8,10H,3-4,7H2,(H2,19,20,21,22). The second kappa shape index (κ2) is 5.47. The average Bonchev–Trinajstić information content (AvgIpc) is 3.19. The van der Waals surface area contributed by atoms with Crippen LogP contribution in [0.2, 0.25) is 0 Å². The van der Waals surface area contributed by atoms with Crippen LogP contribution in [-0.2, 0) is 17.4 Å². The second-order valence-corrected chi connectivity index (χ2v) is 5.40. The molecule has 0 radical (unpaired) electrons. The molecule has 1 fully saturated rings. The molecular weight excluding hydrogens is 295 g/mol. The van der Waals surface area contributed by atoms with Crippen LogP contribution in [0.1, 0.15) is 35.6 Å². The number of carbonyl (C=O) groups excluding carboxylic acids is 1. The Morgan fingerprint density at radius 3 is 2.55 bits per heavy atom. The van der Waals surface area contributed by atoms with Crippen molar-refractivity contribution >= 4 is 11.7 Å². The van der Waals surface area contributed by atoms with Crippen LogP contribution < -0.4 is 5.32 Å². The molecular formula is C15H14F3N3O. The Morgan fingerprint density at radius 1 is 1.27 bits per heavy atom. The number of hydrogen-bond acceptors (Lipinski definition) is 2. The average molecular weight is 309 g/mol. The van der Waals surface area contributed by atoms with Crippen LogP contribution in [0.4, 0.5) is 19.0 Å². The van der Waals surface area contributed by atoms with Crippen LogP contribution in [0, 0.1) is 0 Å². The molecule has 0 aliphatic heterocycles. The quantitative estimate of drug-likeness (QED) is 0.908. The zero-order chi connectivity index (χ0) is 15.7. The van der Waals surface area contributed by atoms with E-state index in [0.717, 1.165) is 30.7 Å². The maximum atomic E-state index is 12.5. The van der Waals surface area contributed by atoms with Gasteiger partial charge in [0, 0.05) is 12.0 Å². The Morgan fingerprint density at radius 2 is 1.95 bits per heavy atom. The summed E-state index contributed by atoms with van der Waals surface area (Å²) in [4.78, 5) is 11.9. The second-order valence-electron chi connectivity index (χ2n) is 5.40. The van der Waals surface area contributed by atoms with Gasteiger partial charge in [0.25, 0.3) is 0 Å². The molecule has 1 saturated carbocycles. The van der Waals surface area contributed by atoms with Crippen molar-refractivity contribution in [1.82, 2.24) is 10.2 Å². The van der Waals surface area contributed by atoms with Gasteiger partial charge in [-0.3, -0.25) is 9.89 Å². The SMILES string of the molecule is O=C(Cc1ccc(C(F)(F)F)cc1)Nc1cc(C2CC2)n[nH]1. The lowest BCUT2D eigenvalue weighted by molar-refractivity contribution is -0.137. The van der Waals surface area contributed by atoms with Gasteiger partial charge < -0.3 is 5.32 Å². The normalized spacial score (nSPS) is 14.9. The molecule has 0 saturated heterocycles. The van der Waals surface area contributed by atoms with Crippen LogP contribution in [0.5, 0.6) is 0 Å². The number of aromatic amines is 1. The number of hydrogen-bond donors (Lipinski definition) is 2. The molecule has 0 unspecified atom stereocenters. The minimum absolute atomic E-state index is 0.00984. The van der Waals surface area contributed by atoms with E-state index in [-0.39, 0.29) is 12.3 Å². The number of alkyl halides is 3. The lowest BCUT2D eigenvalue weighted by Gasteiger charge is -2.07. The number of halogens is 3. The van der Waals surface area contributed by atoms with Crippen LogP contribution >= 0.6 is 0 Å². The monoisotopic (exact) mass is 309 g/mol. The molecule has 1 aliphatic carbocycles. The molecule has 116 valence electrons. The highest BCUT2D eigenvalue weighted by Gasteiger charge is 2.30. The van der Waals surface area contributed by atoms with Crippen molar-refractivity contribution in [3.63, 3.8) is 0 Å². The van der Waals surface area contributed by atoms with Gasteiger partial charge in [0.05, 0.1) is 17.7 Å². The molecule has 1 heterocycles. The van der Waals surface area contributed by atoms with E-state index in [1.165, 1.54) is 12.1 Å². The van der Waals surface area contributed by atoms with E-state index in [2.05, 4.69) is 15.5 Å². The summed E-state index contributed by atoms with van der Waals surface area (Å²) in [5, 5.41) is 9.51. The van der Waals surface area contributed by atoms with Gasteiger partial charge in [-0.2, -0.15) is 18.3 Å². The molecule has 1 aliphatic rings. The minimum atomic E-state index is -4.37. The molecule has 0 atom stereocenters. The first kappa shape index (κ1) is 14.6. The van der Waals surface area contributed by atoms with Crippen LogP contribution in [0.3, 0.4) is 0 Å². The number of benzene rings is 1. The Kier molecular flexibility index (Phi) is 3.64. The van der Waals surface area contributed by atoms with Crippen molar-refractivity contribution in [2.45, 2.75) is 31.4 Å². The number of nitrogens with zero attached hydrogens (tertiary/aromatic N) is 1. The summed E-state index contributed by atoms with van der Waals surface area (Å²) >= 11 is 0. The Balaban J connectivity index is 1.58. The highest BCUT2D eigenvalue weighted by molar-refractivity contribution is 5.91. The maximum Gasteiger partial charge on any atom is 0.416 e. The number of nitrogens with one attached hydrogen (secondary N) is 2. The summed E-state index contributed by atoms with van der Waals surface area (Å²) in [6, 6.07) is 6.37. The van der Waals surface area contributed by atoms with E-state index < -0.39 is 11.7 Å². The summed E-state index contributed by atoms with van der Waals surface area (Å²) in [5.74, 6) is 0.696. The molecule has 22 heavy (non-hydrogen) atoms. The number of rotatable bonds is 4. The molecule has 3 rings (SSSR count). The Hall–Kier alpha value is -2.31. The van der Waals surface area contributed by atoms with E-state index in [4.69, 9.17) is 0 Å². The number of aromatic nitrogens is 2. The molecule has 2 N–H and O–H groups in total. The zero-order valence-corrected chi connectivity index (χ0v) is 11.6. The maximum absolute atomic E-state index is 12.5. The van der Waals surface area contributed by atoms with Gasteiger partial charge >= 0.3 is 6.18 Å². The topological polar surface area (TPSA) is 57.8 Å². The van der Waals surface area contributed by atoms with Crippen molar-refractivity contribution in [2.75, 3.05) is 5.32 Å². The highest BCUT2D eigenvalue weighted by Crippen LogP contribution is 2.39. The molecule has 0 spiro atoms. The van der Waals surface area contributed by atoms with Gasteiger partial charge in [0.1, 0.15) is 5.82 Å². The molecule has 1 amide bonds. The van der Waals surface area contributed by atoms with E-state index in [1.807, 2.05) is 0 Å². The summed E-state index contributed by atoms with van der Waals surface area (Å²) in [6.45, 7) is 0. The van der Waals surface area contributed by atoms with Crippen LogP contribution in [0.15, 0.2) is 30.3 Å². The van der Waals surface area contributed by atoms with E-state index >= 15 is 0 Å². The van der Waals surface area contributed by atoms with E-state index in [1.54, 1.807) is 6.07 Å². The van der Waals surface area contributed by atoms with Gasteiger partial charge in [-0.05, 0) is 30.5 Å². The molecule has 1 aromatic heterocycles. The van der Waals surface area contributed by atoms with Gasteiger partial charge in [-0.25, -0.2) is 0 Å². The predicted molar refractivity (Wildman–Crippen MR) is 74.3 cm³/mol. The fourth-order valence-electron chi connectivity index (χ4n) is 2.18. The Labute approximate surface area is 124 Å². The lowest BCUT2D eigenvalue weighted by Crippen LogP contribution is -2.15. The lowest BCUT2D eigenvalue weighted by atomic mass is 10.1. The minimum Gasteiger partial charge on any atom is -0.311 e. The third-order valence-corrected chi connectivity index (χ3v) is 3.51. The number of amides is 1. The number of anilines is 1. The largest absolute Gasteiger partial charge is 0.416 e. The van der Waals surface area contributed by atoms with Crippen LogP contribution in [0.25, 0.3) is 0 Å². The highest BCUT2D eigenvalue weighted by atomic mass is 19.4. The van der Waals surface area contributed by atoms with Crippen molar-refractivity contribution in [3.8, 4) is 0 Å². The summed E-state index contributed by atoms with van der Waals surface area (Å²) in [7, 11) is 0. The zero-order valence-electron chi connectivity index (χ0n) is 11.6. The molecule has 7 heteroatoms. The summed E-state index contributed by atoms with van der Waals surface area (Å²) in [6.07, 6.45) is -2.13. The predicted octanol–water partition coefficient (Wildman–Crippen LogP) is 3.49. The number of carbonyl (C=O) groups is 1. The molecule has 4 nitrogen and oxygen atoms in total. The molecule has 0 bridgehead atoms. The van der Waals surface area contributed by atoms with Crippen LogP contribution in [-0.4, -0.2) is 16.1 Å². The van der Waals surface area contributed by atoms with Gasteiger partial charge in [0.15, 0.2) is 0 Å². The van der Waals surface area contributed by atoms with Crippen molar-refractivity contribution < 1.29 is 18.0 Å². The smallest absolute Gasteiger partial charge is 0.311 e. The first-order chi connectivity index (χ1) is 10.4. The van der Waals surface area contributed by atoms with E-state index in [9.17, 15) is 18.0 Å². The number of H-pyrrole nitrogens is 1. The van der Waals surface area contributed by atoms with Crippen molar-refractivity contribution in [2.24, 2.45) is 0 Å². The Bertz CT molecular complexity index is 672. The summed E-state index contributed by atoms with van der Waals surface area (Å²) in [5.41, 5.74) is 0.733. The fourth-order valence-corrected chi connectivity index (χ4v) is 2.18. The third-order valence-electron chi connectivity index (χ3n) is 3.51. The first-order valence-electron chi connectivity index (χ1n) is 6.93. The summed E-state index contributed by atoms with van der Waals surface area (Å²) < 4.78 is 37.4. The fraction of sp³-hybridized carbons (Fsp3) is 0.333. The molecule has 2 aromatic rings. The van der Waals surface area contributed by atoms with Gasteiger partial charge in [-0.1, -0.05) is 12.1 Å². The van der Waals surface area contributed by atoms with E-state index in [0.29, 0.717) is 17.3 Å². The van der Waals surface area contributed by atoms with Gasteiger partial charge in [-0.15, -0.1) is 0 Å². The van der Waals surface area contributed by atoms with Crippen molar-refractivity contribution in [3.05, 3.63) is 47.2 Å². The molecule has 1 aromatic carbocycles.